The van der Waals surface area contributed by atoms with Crippen LogP contribution in [0, 0.1) is 6.92 Å². The molecular formula is C10H12ClNO. The lowest BCUT2D eigenvalue weighted by Gasteiger charge is -2.05. The fourth-order valence-corrected chi connectivity index (χ4v) is 1.37. The first-order valence-corrected chi connectivity index (χ1v) is 4.59. The van der Waals surface area contributed by atoms with E-state index in [-0.39, 0.29) is 5.91 Å². The molecule has 70 valence electrons. The van der Waals surface area contributed by atoms with Gasteiger partial charge in [-0.15, -0.1) is 11.6 Å². The number of rotatable bonds is 2. The van der Waals surface area contributed by atoms with E-state index in [2.05, 4.69) is 5.32 Å². The SMILES string of the molecule is CC(=O)Nc1cc(C)cc(CCl)c1. The van der Waals surface area contributed by atoms with Crippen molar-refractivity contribution in [3.8, 4) is 0 Å². The summed E-state index contributed by atoms with van der Waals surface area (Å²) < 4.78 is 0. The molecule has 0 spiro atoms. The first-order chi connectivity index (χ1) is 6.11. The monoisotopic (exact) mass is 197 g/mol. The summed E-state index contributed by atoms with van der Waals surface area (Å²) in [4.78, 5) is 10.8. The van der Waals surface area contributed by atoms with Gasteiger partial charge >= 0.3 is 0 Å². The Bertz CT molecular complexity index is 323. The van der Waals surface area contributed by atoms with Crippen LogP contribution in [0.15, 0.2) is 18.2 Å². The van der Waals surface area contributed by atoms with Gasteiger partial charge in [-0.05, 0) is 30.2 Å². The van der Waals surface area contributed by atoms with Gasteiger partial charge in [0.15, 0.2) is 0 Å². The molecule has 13 heavy (non-hydrogen) atoms. The summed E-state index contributed by atoms with van der Waals surface area (Å²) in [6.07, 6.45) is 0. The number of carbonyl (C=O) groups excluding carboxylic acids is 1. The number of hydrogen-bond acceptors (Lipinski definition) is 1. The summed E-state index contributed by atoms with van der Waals surface area (Å²) in [6.45, 7) is 3.46. The molecule has 1 amide bonds. The number of carbonyl (C=O) groups is 1. The fraction of sp³-hybridized carbons (Fsp3) is 0.300. The van der Waals surface area contributed by atoms with Crippen LogP contribution in [-0.4, -0.2) is 5.91 Å². The van der Waals surface area contributed by atoms with Gasteiger partial charge in [-0.3, -0.25) is 4.79 Å². The standard InChI is InChI=1S/C10H12ClNO/c1-7-3-9(6-11)5-10(4-7)12-8(2)13/h3-5H,6H2,1-2H3,(H,12,13). The Labute approximate surface area is 82.9 Å². The average molecular weight is 198 g/mol. The number of halogens is 1. The molecule has 3 heteroatoms. The van der Waals surface area contributed by atoms with Crippen molar-refractivity contribution in [1.29, 1.82) is 0 Å². The molecule has 0 radical (unpaired) electrons. The van der Waals surface area contributed by atoms with Crippen LogP contribution in [-0.2, 0) is 10.7 Å². The zero-order valence-electron chi connectivity index (χ0n) is 7.73. The van der Waals surface area contributed by atoms with E-state index in [1.165, 1.54) is 6.92 Å². The van der Waals surface area contributed by atoms with Crippen LogP contribution in [0.5, 0.6) is 0 Å². The third kappa shape index (κ3) is 3.07. The van der Waals surface area contributed by atoms with Crippen LogP contribution in [0.4, 0.5) is 5.69 Å². The number of hydrogen-bond donors (Lipinski definition) is 1. The van der Waals surface area contributed by atoms with Crippen molar-refractivity contribution in [1.82, 2.24) is 0 Å². The fourth-order valence-electron chi connectivity index (χ4n) is 1.22. The Morgan fingerprint density at radius 2 is 2.15 bits per heavy atom. The molecule has 0 bridgehead atoms. The highest BCUT2D eigenvalue weighted by Crippen LogP contribution is 2.15. The van der Waals surface area contributed by atoms with Crippen LogP contribution in [0.1, 0.15) is 18.1 Å². The third-order valence-electron chi connectivity index (χ3n) is 1.61. The van der Waals surface area contributed by atoms with Crippen LogP contribution in [0.25, 0.3) is 0 Å². The molecule has 0 fully saturated rings. The van der Waals surface area contributed by atoms with E-state index < -0.39 is 0 Å². The van der Waals surface area contributed by atoms with E-state index in [4.69, 9.17) is 11.6 Å². The number of aryl methyl sites for hydroxylation is 1. The van der Waals surface area contributed by atoms with E-state index in [1.807, 2.05) is 25.1 Å². The first-order valence-electron chi connectivity index (χ1n) is 4.06. The van der Waals surface area contributed by atoms with Gasteiger partial charge in [0, 0.05) is 18.5 Å². The topological polar surface area (TPSA) is 29.1 Å². The predicted molar refractivity (Wildman–Crippen MR) is 55.0 cm³/mol. The Morgan fingerprint density at radius 1 is 1.46 bits per heavy atom. The zero-order valence-corrected chi connectivity index (χ0v) is 8.48. The van der Waals surface area contributed by atoms with Crippen molar-refractivity contribution in [2.75, 3.05) is 5.32 Å². The van der Waals surface area contributed by atoms with Crippen molar-refractivity contribution >= 4 is 23.2 Å². The highest BCUT2D eigenvalue weighted by molar-refractivity contribution is 6.17. The molecule has 0 aliphatic heterocycles. The van der Waals surface area contributed by atoms with Crippen LogP contribution < -0.4 is 5.32 Å². The molecule has 0 unspecified atom stereocenters. The molecule has 0 atom stereocenters. The maximum absolute atomic E-state index is 10.8. The maximum atomic E-state index is 10.8. The Kier molecular flexibility index (Phi) is 3.32. The van der Waals surface area contributed by atoms with Gasteiger partial charge in [-0.2, -0.15) is 0 Å². The van der Waals surface area contributed by atoms with Gasteiger partial charge in [0.1, 0.15) is 0 Å². The first kappa shape index (κ1) is 10.1. The second-order valence-corrected chi connectivity index (χ2v) is 3.29. The third-order valence-corrected chi connectivity index (χ3v) is 1.92. The van der Waals surface area contributed by atoms with E-state index in [0.717, 1.165) is 16.8 Å². The van der Waals surface area contributed by atoms with Crippen molar-refractivity contribution in [2.24, 2.45) is 0 Å². The lowest BCUT2D eigenvalue weighted by atomic mass is 10.1. The molecule has 1 aromatic carbocycles. The Balaban J connectivity index is 2.94. The second kappa shape index (κ2) is 4.28. The molecule has 0 saturated carbocycles. The minimum absolute atomic E-state index is 0.0638. The molecule has 0 aromatic heterocycles. The summed E-state index contributed by atoms with van der Waals surface area (Å²) in [5, 5.41) is 2.72. The van der Waals surface area contributed by atoms with Crippen molar-refractivity contribution in [2.45, 2.75) is 19.7 Å². The molecular weight excluding hydrogens is 186 g/mol. The van der Waals surface area contributed by atoms with Crippen LogP contribution >= 0.6 is 11.6 Å². The smallest absolute Gasteiger partial charge is 0.221 e. The molecule has 0 saturated heterocycles. The summed E-state index contributed by atoms with van der Waals surface area (Å²) in [6, 6.07) is 5.79. The normalized spacial score (nSPS) is 9.77. The van der Waals surface area contributed by atoms with Gasteiger partial charge in [-0.1, -0.05) is 6.07 Å². The molecule has 1 aromatic rings. The number of anilines is 1. The lowest BCUT2D eigenvalue weighted by Crippen LogP contribution is -2.06. The van der Waals surface area contributed by atoms with Crippen LogP contribution in [0.2, 0.25) is 0 Å². The van der Waals surface area contributed by atoms with Crippen molar-refractivity contribution in [3.05, 3.63) is 29.3 Å². The molecule has 0 aliphatic rings. The van der Waals surface area contributed by atoms with E-state index in [1.54, 1.807) is 0 Å². The van der Waals surface area contributed by atoms with Gasteiger partial charge in [0.2, 0.25) is 5.91 Å². The van der Waals surface area contributed by atoms with Crippen LogP contribution in [0.3, 0.4) is 0 Å². The largest absolute Gasteiger partial charge is 0.326 e. The summed E-state index contributed by atoms with van der Waals surface area (Å²) >= 11 is 5.69. The average Bonchev–Trinajstić information content (AvgIpc) is 2.01. The summed E-state index contributed by atoms with van der Waals surface area (Å²) in [7, 11) is 0. The summed E-state index contributed by atoms with van der Waals surface area (Å²) in [5.41, 5.74) is 2.93. The van der Waals surface area contributed by atoms with Gasteiger partial charge < -0.3 is 5.32 Å². The molecule has 0 heterocycles. The lowest BCUT2D eigenvalue weighted by molar-refractivity contribution is -0.114. The van der Waals surface area contributed by atoms with Gasteiger partial charge in [-0.25, -0.2) is 0 Å². The number of alkyl halides is 1. The zero-order chi connectivity index (χ0) is 9.84. The summed E-state index contributed by atoms with van der Waals surface area (Å²) in [5.74, 6) is 0.403. The predicted octanol–water partition coefficient (Wildman–Crippen LogP) is 2.69. The molecule has 1 rings (SSSR count). The second-order valence-electron chi connectivity index (χ2n) is 3.02. The minimum Gasteiger partial charge on any atom is -0.326 e. The highest BCUT2D eigenvalue weighted by atomic mass is 35.5. The van der Waals surface area contributed by atoms with E-state index in [9.17, 15) is 4.79 Å². The van der Waals surface area contributed by atoms with E-state index >= 15 is 0 Å². The van der Waals surface area contributed by atoms with Gasteiger partial charge in [0.25, 0.3) is 0 Å². The van der Waals surface area contributed by atoms with Gasteiger partial charge in [0.05, 0.1) is 0 Å². The minimum atomic E-state index is -0.0638. The quantitative estimate of drug-likeness (QED) is 0.726. The Hall–Kier alpha value is -1.02. The molecule has 0 aliphatic carbocycles. The number of amides is 1. The Morgan fingerprint density at radius 3 is 2.69 bits per heavy atom. The van der Waals surface area contributed by atoms with Crippen molar-refractivity contribution in [3.63, 3.8) is 0 Å². The molecule has 2 nitrogen and oxygen atoms in total. The maximum Gasteiger partial charge on any atom is 0.221 e. The molecule has 1 N–H and O–H groups in total. The van der Waals surface area contributed by atoms with E-state index in [0.29, 0.717) is 5.88 Å². The van der Waals surface area contributed by atoms with Crippen molar-refractivity contribution < 1.29 is 4.79 Å². The number of nitrogens with one attached hydrogen (secondary N) is 1. The highest BCUT2D eigenvalue weighted by Gasteiger charge is 1.98. The number of benzene rings is 1.